The number of guanidine groups is 1. The van der Waals surface area contributed by atoms with Crippen LogP contribution in [0.4, 0.5) is 5.82 Å². The summed E-state index contributed by atoms with van der Waals surface area (Å²) in [7, 11) is 3.50. The predicted molar refractivity (Wildman–Crippen MR) is 121 cm³/mol. The molecule has 2 aromatic heterocycles. The lowest BCUT2D eigenvalue weighted by atomic mass is 10.3. The maximum Gasteiger partial charge on any atom is 0.227 e. The highest BCUT2D eigenvalue weighted by molar-refractivity contribution is 14.0. The number of amides is 1. The Morgan fingerprint density at radius 2 is 2.04 bits per heavy atom. The van der Waals surface area contributed by atoms with E-state index >= 15 is 0 Å². The zero-order chi connectivity index (χ0) is 19.1. The summed E-state index contributed by atoms with van der Waals surface area (Å²) in [4.78, 5) is 20.3. The van der Waals surface area contributed by atoms with Gasteiger partial charge in [0.25, 0.3) is 0 Å². The highest BCUT2D eigenvalue weighted by Crippen LogP contribution is 2.24. The number of aromatic nitrogens is 2. The predicted octanol–water partition coefficient (Wildman–Crippen LogP) is 3.35. The quantitative estimate of drug-likeness (QED) is 0.307. The Morgan fingerprint density at radius 1 is 1.30 bits per heavy atom. The molecule has 148 valence electrons. The van der Waals surface area contributed by atoms with Gasteiger partial charge in [-0.2, -0.15) is 0 Å². The number of nitrogens with zero attached hydrogens (tertiary/aromatic N) is 3. The molecule has 10 heteroatoms. The van der Waals surface area contributed by atoms with Crippen LogP contribution in [0.3, 0.4) is 0 Å². The van der Waals surface area contributed by atoms with Gasteiger partial charge in [0.05, 0.1) is 11.6 Å². The Balaban J connectivity index is 0.00000364. The molecule has 0 bridgehead atoms. The molecule has 1 amide bonds. The Hall–Kier alpha value is -1.52. The van der Waals surface area contributed by atoms with Gasteiger partial charge in [-0.15, -0.1) is 24.0 Å². The number of halogens is 3. The van der Waals surface area contributed by atoms with Crippen molar-refractivity contribution in [1.29, 1.82) is 0 Å². The molecule has 0 atom stereocenters. The molecule has 0 saturated carbocycles. The molecule has 0 aliphatic rings. The second-order valence-electron chi connectivity index (χ2n) is 5.65. The SMILES string of the molecule is CN=C(NCCC(=O)Nc1cccc(C)n1)NCc1cc(Cl)c(Cl)n1C.I. The average molecular weight is 525 g/mol. The summed E-state index contributed by atoms with van der Waals surface area (Å²) in [5.74, 6) is 1.02. The molecule has 0 unspecified atom stereocenters. The maximum absolute atomic E-state index is 12.0. The number of anilines is 1. The van der Waals surface area contributed by atoms with Crippen molar-refractivity contribution < 1.29 is 4.79 Å². The molecule has 0 saturated heterocycles. The number of pyridine rings is 1. The van der Waals surface area contributed by atoms with Crippen LogP contribution in [-0.2, 0) is 18.4 Å². The number of rotatable bonds is 6. The van der Waals surface area contributed by atoms with E-state index in [4.69, 9.17) is 23.2 Å². The van der Waals surface area contributed by atoms with Gasteiger partial charge in [-0.1, -0.05) is 29.3 Å². The van der Waals surface area contributed by atoms with E-state index in [1.807, 2.05) is 26.1 Å². The van der Waals surface area contributed by atoms with E-state index in [0.29, 0.717) is 35.0 Å². The van der Waals surface area contributed by atoms with Gasteiger partial charge in [0.2, 0.25) is 5.91 Å². The van der Waals surface area contributed by atoms with Crippen LogP contribution in [0.15, 0.2) is 29.3 Å². The summed E-state index contributed by atoms with van der Waals surface area (Å²) in [5.41, 5.74) is 1.78. The van der Waals surface area contributed by atoms with E-state index in [1.165, 1.54) is 0 Å². The molecule has 2 aromatic rings. The number of aryl methyl sites for hydroxylation is 1. The minimum atomic E-state index is -0.118. The van der Waals surface area contributed by atoms with Gasteiger partial charge in [-0.25, -0.2) is 4.98 Å². The van der Waals surface area contributed by atoms with Crippen molar-refractivity contribution in [3.63, 3.8) is 0 Å². The molecule has 0 aromatic carbocycles. The minimum Gasteiger partial charge on any atom is -0.356 e. The minimum absolute atomic E-state index is 0. The van der Waals surface area contributed by atoms with E-state index in [-0.39, 0.29) is 36.3 Å². The third kappa shape index (κ3) is 7.19. The van der Waals surface area contributed by atoms with Gasteiger partial charge in [0.1, 0.15) is 11.0 Å². The van der Waals surface area contributed by atoms with Crippen LogP contribution in [0.25, 0.3) is 0 Å². The molecule has 2 heterocycles. The molecule has 0 aliphatic carbocycles. The summed E-state index contributed by atoms with van der Waals surface area (Å²) >= 11 is 12.1. The van der Waals surface area contributed by atoms with Crippen molar-refractivity contribution in [1.82, 2.24) is 20.2 Å². The first kappa shape index (κ1) is 23.5. The van der Waals surface area contributed by atoms with Crippen LogP contribution in [-0.4, -0.2) is 35.0 Å². The molecule has 27 heavy (non-hydrogen) atoms. The number of aliphatic imine (C=N–C) groups is 1. The highest BCUT2D eigenvalue weighted by Gasteiger charge is 2.09. The Bertz CT molecular complexity index is 809. The molecule has 0 fully saturated rings. The Kier molecular flexibility index (Phi) is 9.89. The number of nitrogens with one attached hydrogen (secondary N) is 3. The van der Waals surface area contributed by atoms with Gasteiger partial charge < -0.3 is 20.5 Å². The van der Waals surface area contributed by atoms with E-state index in [0.717, 1.165) is 11.4 Å². The van der Waals surface area contributed by atoms with Crippen molar-refractivity contribution in [2.45, 2.75) is 19.9 Å². The molecule has 0 aliphatic heterocycles. The average Bonchev–Trinajstić information content (AvgIpc) is 2.85. The Labute approximate surface area is 186 Å². The third-order valence-corrected chi connectivity index (χ3v) is 4.52. The number of hydrogen-bond acceptors (Lipinski definition) is 3. The molecule has 0 spiro atoms. The normalized spacial score (nSPS) is 10.9. The first-order valence-electron chi connectivity index (χ1n) is 8.08. The standard InChI is InChI=1S/C17H22Cl2N6O.HI/c1-11-5-4-6-14(23-11)24-15(26)7-8-21-17(20-2)22-10-12-9-13(18)16(19)25(12)3;/h4-6,9H,7-8,10H2,1-3H3,(H2,20,21,22)(H,23,24,26);1H. The summed E-state index contributed by atoms with van der Waals surface area (Å²) in [5, 5.41) is 10.0. The van der Waals surface area contributed by atoms with E-state index in [2.05, 4.69) is 25.9 Å². The van der Waals surface area contributed by atoms with Gasteiger partial charge in [0.15, 0.2) is 5.96 Å². The molecule has 2 rings (SSSR count). The fourth-order valence-corrected chi connectivity index (χ4v) is 2.68. The second-order valence-corrected chi connectivity index (χ2v) is 6.41. The lowest BCUT2D eigenvalue weighted by molar-refractivity contribution is -0.116. The van der Waals surface area contributed by atoms with Crippen LogP contribution >= 0.6 is 47.2 Å². The van der Waals surface area contributed by atoms with Crippen molar-refractivity contribution in [2.75, 3.05) is 18.9 Å². The van der Waals surface area contributed by atoms with Gasteiger partial charge in [-0.3, -0.25) is 9.79 Å². The van der Waals surface area contributed by atoms with E-state index < -0.39 is 0 Å². The van der Waals surface area contributed by atoms with Crippen molar-refractivity contribution >= 4 is 64.9 Å². The lowest BCUT2D eigenvalue weighted by Gasteiger charge is -2.12. The second kappa shape index (κ2) is 11.4. The van der Waals surface area contributed by atoms with Crippen molar-refractivity contribution in [3.05, 3.63) is 45.8 Å². The van der Waals surface area contributed by atoms with Crippen LogP contribution < -0.4 is 16.0 Å². The topological polar surface area (TPSA) is 83.3 Å². The number of carbonyl (C=O) groups is 1. The molecular formula is C17H23Cl2IN6O. The summed E-state index contributed by atoms with van der Waals surface area (Å²) in [6.45, 7) is 2.81. The maximum atomic E-state index is 12.0. The fourth-order valence-electron chi connectivity index (χ4n) is 2.27. The van der Waals surface area contributed by atoms with Gasteiger partial charge in [0, 0.05) is 38.4 Å². The van der Waals surface area contributed by atoms with Gasteiger partial charge in [-0.05, 0) is 25.1 Å². The molecular weight excluding hydrogens is 502 g/mol. The number of carbonyl (C=O) groups excluding carboxylic acids is 1. The monoisotopic (exact) mass is 524 g/mol. The largest absolute Gasteiger partial charge is 0.356 e. The first-order valence-corrected chi connectivity index (χ1v) is 8.84. The molecule has 0 radical (unpaired) electrons. The zero-order valence-electron chi connectivity index (χ0n) is 15.3. The van der Waals surface area contributed by atoms with Crippen LogP contribution in [0.1, 0.15) is 17.8 Å². The Morgan fingerprint density at radius 3 is 2.63 bits per heavy atom. The van der Waals surface area contributed by atoms with E-state index in [1.54, 1.807) is 23.7 Å². The van der Waals surface area contributed by atoms with Crippen LogP contribution in [0, 0.1) is 6.92 Å². The van der Waals surface area contributed by atoms with Gasteiger partial charge >= 0.3 is 0 Å². The van der Waals surface area contributed by atoms with E-state index in [9.17, 15) is 4.79 Å². The zero-order valence-corrected chi connectivity index (χ0v) is 19.2. The van der Waals surface area contributed by atoms with Crippen LogP contribution in [0.5, 0.6) is 0 Å². The molecule has 7 nitrogen and oxygen atoms in total. The van der Waals surface area contributed by atoms with Crippen molar-refractivity contribution in [3.8, 4) is 0 Å². The summed E-state index contributed by atoms with van der Waals surface area (Å²) in [6, 6.07) is 7.28. The highest BCUT2D eigenvalue weighted by atomic mass is 127. The molecule has 3 N–H and O–H groups in total. The summed E-state index contributed by atoms with van der Waals surface area (Å²) < 4.78 is 1.80. The van der Waals surface area contributed by atoms with Crippen LogP contribution in [0.2, 0.25) is 10.2 Å². The smallest absolute Gasteiger partial charge is 0.227 e. The fraction of sp³-hybridized carbons (Fsp3) is 0.353. The number of hydrogen-bond donors (Lipinski definition) is 3. The van der Waals surface area contributed by atoms with Crippen molar-refractivity contribution in [2.24, 2.45) is 12.0 Å². The third-order valence-electron chi connectivity index (χ3n) is 3.68. The lowest BCUT2D eigenvalue weighted by Crippen LogP contribution is -2.38. The first-order chi connectivity index (χ1) is 12.4. The summed E-state index contributed by atoms with van der Waals surface area (Å²) in [6.07, 6.45) is 0.290.